The number of rotatable bonds is 6. The third-order valence-electron chi connectivity index (χ3n) is 6.18. The van der Waals surface area contributed by atoms with Gasteiger partial charge >= 0.3 is 5.97 Å². The van der Waals surface area contributed by atoms with Crippen molar-refractivity contribution in [3.8, 4) is 0 Å². The monoisotopic (exact) mass is 459 g/mol. The zero-order valence-electron chi connectivity index (χ0n) is 18.7. The van der Waals surface area contributed by atoms with Gasteiger partial charge in [-0.25, -0.2) is 9.18 Å². The number of benzene rings is 1. The fourth-order valence-electron chi connectivity index (χ4n) is 4.48. The Morgan fingerprint density at radius 1 is 1.22 bits per heavy atom. The average molecular weight is 460 g/mol. The molecule has 0 spiro atoms. The fraction of sp³-hybridized carbons (Fsp3) is 0.500. The molecule has 8 heteroatoms. The van der Waals surface area contributed by atoms with Crippen LogP contribution in [-0.2, 0) is 22.4 Å². The Labute approximate surface area is 192 Å². The van der Waals surface area contributed by atoms with Gasteiger partial charge in [0.1, 0.15) is 10.8 Å². The predicted octanol–water partition coefficient (Wildman–Crippen LogP) is 3.95. The summed E-state index contributed by atoms with van der Waals surface area (Å²) >= 11 is 1.51. The summed E-state index contributed by atoms with van der Waals surface area (Å²) in [6, 6.07) is 6.78. The quantitative estimate of drug-likeness (QED) is 0.663. The molecule has 172 valence electrons. The molecule has 1 saturated heterocycles. The molecule has 2 aliphatic rings. The van der Waals surface area contributed by atoms with Gasteiger partial charge in [-0.3, -0.25) is 9.69 Å². The summed E-state index contributed by atoms with van der Waals surface area (Å²) in [6.07, 6.45) is 2.81. The Hall–Kier alpha value is -2.45. The van der Waals surface area contributed by atoms with E-state index in [4.69, 9.17) is 4.74 Å². The van der Waals surface area contributed by atoms with Crippen molar-refractivity contribution in [2.24, 2.45) is 5.92 Å². The van der Waals surface area contributed by atoms with Crippen molar-refractivity contribution >= 4 is 33.9 Å². The number of hydrogen-bond donors (Lipinski definition) is 1. The smallest absolute Gasteiger partial charge is 0.341 e. The molecule has 2 aromatic rings. The van der Waals surface area contributed by atoms with Gasteiger partial charge in [-0.05, 0) is 49.8 Å². The molecule has 0 saturated carbocycles. The minimum absolute atomic E-state index is 0.137. The summed E-state index contributed by atoms with van der Waals surface area (Å²) in [6.45, 7) is 7.21. The summed E-state index contributed by atoms with van der Waals surface area (Å²) in [5.41, 5.74) is 2.19. The van der Waals surface area contributed by atoms with Crippen molar-refractivity contribution in [2.45, 2.75) is 33.1 Å². The molecule has 1 atom stereocenters. The maximum atomic E-state index is 14.0. The molecular weight excluding hydrogens is 429 g/mol. The van der Waals surface area contributed by atoms with Gasteiger partial charge in [0.05, 0.1) is 24.4 Å². The number of amides is 1. The highest BCUT2D eigenvalue weighted by Crippen LogP contribution is 2.40. The number of carbonyl (C=O) groups excluding carboxylic acids is 2. The van der Waals surface area contributed by atoms with Gasteiger partial charge in [0.25, 0.3) is 0 Å². The topological polar surface area (TPSA) is 61.9 Å². The van der Waals surface area contributed by atoms with E-state index in [1.807, 2.05) is 11.0 Å². The van der Waals surface area contributed by atoms with Gasteiger partial charge in [0.2, 0.25) is 5.91 Å². The van der Waals surface area contributed by atoms with Crippen molar-refractivity contribution in [2.75, 3.05) is 49.5 Å². The summed E-state index contributed by atoms with van der Waals surface area (Å²) < 4.78 is 19.3. The second-order valence-electron chi connectivity index (χ2n) is 8.54. The van der Waals surface area contributed by atoms with E-state index < -0.39 is 0 Å². The first kappa shape index (κ1) is 22.7. The van der Waals surface area contributed by atoms with Crippen molar-refractivity contribution in [3.63, 3.8) is 0 Å². The molecule has 1 N–H and O–H groups in total. The number of nitrogens with zero attached hydrogens (tertiary/aromatic N) is 2. The maximum absolute atomic E-state index is 14.0. The molecule has 1 aliphatic heterocycles. The van der Waals surface area contributed by atoms with E-state index >= 15 is 0 Å². The van der Waals surface area contributed by atoms with Crippen LogP contribution < -0.4 is 10.2 Å². The molecule has 0 radical (unpaired) electrons. The third-order valence-corrected chi connectivity index (χ3v) is 7.35. The highest BCUT2D eigenvalue weighted by atomic mass is 32.1. The maximum Gasteiger partial charge on any atom is 0.341 e. The van der Waals surface area contributed by atoms with Crippen LogP contribution in [0.2, 0.25) is 0 Å². The van der Waals surface area contributed by atoms with Crippen LogP contribution in [0.3, 0.4) is 0 Å². The molecule has 1 amide bonds. The lowest BCUT2D eigenvalue weighted by molar-refractivity contribution is -0.117. The Bertz CT molecular complexity index is 985. The van der Waals surface area contributed by atoms with Gasteiger partial charge < -0.3 is 15.0 Å². The molecule has 32 heavy (non-hydrogen) atoms. The minimum atomic E-state index is -0.353. The Balaban J connectivity index is 1.39. The molecular formula is C24H30FN3O3S. The van der Waals surface area contributed by atoms with Crippen LogP contribution in [0.5, 0.6) is 0 Å². The van der Waals surface area contributed by atoms with Crippen LogP contribution in [0.15, 0.2) is 24.3 Å². The van der Waals surface area contributed by atoms with E-state index in [1.54, 1.807) is 19.1 Å². The second kappa shape index (κ2) is 10.0. The van der Waals surface area contributed by atoms with E-state index in [1.165, 1.54) is 22.3 Å². The SMILES string of the molecule is CCOC(=O)c1c(NC(=O)CN2CCN(c3ccccc3F)CC2)sc2c1CCC(C)C2. The number of fused-ring (bicyclic) bond motifs is 1. The van der Waals surface area contributed by atoms with Crippen molar-refractivity contribution < 1.29 is 18.7 Å². The molecule has 6 nitrogen and oxygen atoms in total. The lowest BCUT2D eigenvalue weighted by Gasteiger charge is -2.35. The molecule has 0 bridgehead atoms. The highest BCUT2D eigenvalue weighted by molar-refractivity contribution is 7.17. The van der Waals surface area contributed by atoms with E-state index in [0.717, 1.165) is 24.8 Å². The summed E-state index contributed by atoms with van der Waals surface area (Å²) in [7, 11) is 0. The van der Waals surface area contributed by atoms with Crippen LogP contribution in [0, 0.1) is 11.7 Å². The average Bonchev–Trinajstić information content (AvgIpc) is 3.11. The molecule has 1 fully saturated rings. The van der Waals surface area contributed by atoms with Crippen LogP contribution in [0.4, 0.5) is 15.1 Å². The largest absolute Gasteiger partial charge is 0.462 e. The van der Waals surface area contributed by atoms with E-state index in [9.17, 15) is 14.0 Å². The van der Waals surface area contributed by atoms with E-state index in [-0.39, 0.29) is 24.2 Å². The molecule has 1 aliphatic carbocycles. The number of nitrogens with one attached hydrogen (secondary N) is 1. The van der Waals surface area contributed by atoms with Crippen LogP contribution in [0.25, 0.3) is 0 Å². The number of hydrogen-bond acceptors (Lipinski definition) is 6. The lowest BCUT2D eigenvalue weighted by atomic mass is 9.88. The normalized spacial score (nSPS) is 18.8. The number of thiophene rings is 1. The first-order chi connectivity index (χ1) is 15.5. The number of piperazine rings is 1. The highest BCUT2D eigenvalue weighted by Gasteiger charge is 2.29. The van der Waals surface area contributed by atoms with Crippen molar-refractivity contribution in [3.05, 3.63) is 46.1 Å². The van der Waals surface area contributed by atoms with Gasteiger partial charge in [0.15, 0.2) is 0 Å². The summed E-state index contributed by atoms with van der Waals surface area (Å²) in [4.78, 5) is 30.7. The summed E-state index contributed by atoms with van der Waals surface area (Å²) in [5.74, 6) is -0.137. The molecule has 1 unspecified atom stereocenters. The molecule has 1 aromatic carbocycles. The molecule has 1 aromatic heterocycles. The molecule has 2 heterocycles. The fourth-order valence-corrected chi connectivity index (χ4v) is 5.90. The first-order valence-electron chi connectivity index (χ1n) is 11.3. The van der Waals surface area contributed by atoms with Crippen molar-refractivity contribution in [1.29, 1.82) is 0 Å². The van der Waals surface area contributed by atoms with Crippen molar-refractivity contribution in [1.82, 2.24) is 4.90 Å². The molecule has 4 rings (SSSR count). The first-order valence-corrected chi connectivity index (χ1v) is 12.1. The summed E-state index contributed by atoms with van der Waals surface area (Å²) in [5, 5.41) is 3.59. The Kier molecular flexibility index (Phi) is 7.10. The van der Waals surface area contributed by atoms with Crippen LogP contribution in [-0.4, -0.2) is 56.1 Å². The number of anilines is 2. The predicted molar refractivity (Wildman–Crippen MR) is 125 cm³/mol. The second-order valence-corrected chi connectivity index (χ2v) is 9.64. The van der Waals surface area contributed by atoms with Gasteiger partial charge in [-0.1, -0.05) is 19.1 Å². The zero-order chi connectivity index (χ0) is 22.7. The van der Waals surface area contributed by atoms with E-state index in [0.29, 0.717) is 55.0 Å². The Morgan fingerprint density at radius 3 is 2.69 bits per heavy atom. The number of halogens is 1. The third kappa shape index (κ3) is 4.96. The minimum Gasteiger partial charge on any atom is -0.462 e. The number of ether oxygens (including phenoxy) is 1. The zero-order valence-corrected chi connectivity index (χ0v) is 19.5. The van der Waals surface area contributed by atoms with Gasteiger partial charge in [0, 0.05) is 31.1 Å². The van der Waals surface area contributed by atoms with Crippen LogP contribution >= 0.6 is 11.3 Å². The van der Waals surface area contributed by atoms with Crippen LogP contribution in [0.1, 0.15) is 41.1 Å². The standard InChI is InChI=1S/C24H30FN3O3S/c1-3-31-24(30)22-17-9-8-16(2)14-20(17)32-23(22)26-21(29)15-27-10-12-28(13-11-27)19-7-5-4-6-18(19)25/h4-7,16H,3,8-15H2,1-2H3,(H,26,29). The number of carbonyl (C=O) groups is 2. The number of esters is 1. The Morgan fingerprint density at radius 2 is 1.97 bits per heavy atom. The van der Waals surface area contributed by atoms with Gasteiger partial charge in [-0.2, -0.15) is 0 Å². The van der Waals surface area contributed by atoms with E-state index in [2.05, 4.69) is 17.1 Å². The lowest BCUT2D eigenvalue weighted by Crippen LogP contribution is -2.48. The van der Waals surface area contributed by atoms with Gasteiger partial charge in [-0.15, -0.1) is 11.3 Å². The number of para-hydroxylation sites is 1.